The molecule has 1 atom stereocenters. The minimum Gasteiger partial charge on any atom is -0.415 e. The lowest BCUT2D eigenvalue weighted by Gasteiger charge is -2.21. The van der Waals surface area contributed by atoms with Gasteiger partial charge in [0.15, 0.2) is 0 Å². The molecule has 1 aliphatic heterocycles. The van der Waals surface area contributed by atoms with Crippen molar-refractivity contribution in [1.82, 2.24) is 0 Å². The fraction of sp³-hybridized carbons (Fsp3) is 0.0667. The molecular formula is C15H10INO4. The van der Waals surface area contributed by atoms with Crippen molar-refractivity contribution < 1.29 is 19.4 Å². The molecular weight excluding hydrogens is 385 g/mol. The van der Waals surface area contributed by atoms with Crippen LogP contribution in [0.15, 0.2) is 48.5 Å². The Morgan fingerprint density at radius 1 is 1.19 bits per heavy atom. The first-order valence-corrected chi connectivity index (χ1v) is 7.21. The molecule has 2 N–H and O–H groups in total. The molecule has 0 radical (unpaired) electrons. The Kier molecular flexibility index (Phi) is 3.42. The highest BCUT2D eigenvalue weighted by Gasteiger charge is 2.50. The van der Waals surface area contributed by atoms with Gasteiger partial charge in [0.2, 0.25) is 0 Å². The van der Waals surface area contributed by atoms with Gasteiger partial charge in [0.25, 0.3) is 0 Å². The maximum absolute atomic E-state index is 12.3. The highest BCUT2D eigenvalue weighted by Crippen LogP contribution is 2.35. The number of nitrogens with one attached hydrogen (secondary N) is 1. The predicted octanol–water partition coefficient (Wildman–Crippen LogP) is 2.25. The maximum Gasteiger partial charge on any atom is 0.341 e. The Morgan fingerprint density at radius 2 is 1.95 bits per heavy atom. The van der Waals surface area contributed by atoms with Gasteiger partial charge in [-0.25, -0.2) is 4.79 Å². The zero-order chi connectivity index (χ0) is 15.0. The fourth-order valence-corrected chi connectivity index (χ4v) is 2.69. The molecule has 2 aromatic rings. The first kappa shape index (κ1) is 14.0. The average molecular weight is 395 g/mol. The van der Waals surface area contributed by atoms with E-state index in [4.69, 9.17) is 4.74 Å². The second-order valence-electron chi connectivity index (χ2n) is 4.54. The van der Waals surface area contributed by atoms with E-state index in [-0.39, 0.29) is 11.1 Å². The molecule has 5 nitrogen and oxygen atoms in total. The van der Waals surface area contributed by atoms with Crippen LogP contribution in [0.25, 0.3) is 0 Å². The molecule has 3 rings (SSSR count). The van der Waals surface area contributed by atoms with Crippen molar-refractivity contribution >= 4 is 40.2 Å². The number of benzene rings is 2. The number of hydrogen-bond acceptors (Lipinski definition) is 4. The number of hydrogen-bond donors (Lipinski definition) is 2. The van der Waals surface area contributed by atoms with E-state index in [0.29, 0.717) is 5.69 Å². The highest BCUT2D eigenvalue weighted by atomic mass is 127. The Balaban J connectivity index is 1.93. The van der Waals surface area contributed by atoms with Gasteiger partial charge in [-0.15, -0.1) is 0 Å². The number of aliphatic hydroxyl groups is 1. The molecule has 1 aliphatic rings. The smallest absolute Gasteiger partial charge is 0.341 e. The van der Waals surface area contributed by atoms with Crippen LogP contribution in [0.1, 0.15) is 15.9 Å². The minimum atomic E-state index is -2.30. The molecule has 21 heavy (non-hydrogen) atoms. The van der Waals surface area contributed by atoms with Gasteiger partial charge in [0.05, 0.1) is 5.56 Å². The summed E-state index contributed by atoms with van der Waals surface area (Å²) in [5.74, 6) is -3.82. The van der Waals surface area contributed by atoms with Crippen LogP contribution in [0.2, 0.25) is 0 Å². The van der Waals surface area contributed by atoms with E-state index in [1.54, 1.807) is 30.3 Å². The first-order valence-electron chi connectivity index (χ1n) is 6.13. The van der Waals surface area contributed by atoms with E-state index in [1.807, 2.05) is 6.07 Å². The number of anilines is 1. The number of carbonyl (C=O) groups is 2. The minimum absolute atomic E-state index is 0.151. The van der Waals surface area contributed by atoms with Crippen LogP contribution < -0.4 is 5.32 Å². The van der Waals surface area contributed by atoms with Crippen LogP contribution in [-0.4, -0.2) is 17.0 Å². The van der Waals surface area contributed by atoms with E-state index < -0.39 is 17.7 Å². The molecule has 0 saturated heterocycles. The zero-order valence-corrected chi connectivity index (χ0v) is 12.8. The van der Waals surface area contributed by atoms with Crippen molar-refractivity contribution in [3.63, 3.8) is 0 Å². The average Bonchev–Trinajstić information content (AvgIpc) is 2.73. The van der Waals surface area contributed by atoms with Gasteiger partial charge in [0, 0.05) is 14.8 Å². The molecule has 1 amide bonds. The maximum atomic E-state index is 12.3. The highest BCUT2D eigenvalue weighted by molar-refractivity contribution is 14.1. The summed E-state index contributed by atoms with van der Waals surface area (Å²) < 4.78 is 5.82. The summed E-state index contributed by atoms with van der Waals surface area (Å²) in [5.41, 5.74) is 0.858. The summed E-state index contributed by atoms with van der Waals surface area (Å²) in [6.07, 6.45) is 0. The van der Waals surface area contributed by atoms with Crippen LogP contribution in [-0.2, 0) is 15.3 Å². The molecule has 0 aliphatic carbocycles. The summed E-state index contributed by atoms with van der Waals surface area (Å²) in [5, 5.41) is 13.0. The summed E-state index contributed by atoms with van der Waals surface area (Å²) in [6, 6.07) is 13.3. The third kappa shape index (κ3) is 2.40. The number of rotatable bonds is 2. The van der Waals surface area contributed by atoms with Gasteiger partial charge in [0.1, 0.15) is 0 Å². The molecule has 0 fully saturated rings. The van der Waals surface area contributed by atoms with Gasteiger partial charge in [-0.05, 0) is 46.9 Å². The number of fused-ring (bicyclic) bond motifs is 1. The Hall–Kier alpha value is -1.93. The van der Waals surface area contributed by atoms with Gasteiger partial charge >= 0.3 is 17.7 Å². The number of carbonyl (C=O) groups excluding carboxylic acids is 2. The third-order valence-corrected chi connectivity index (χ3v) is 3.81. The second kappa shape index (κ2) is 5.12. The fourth-order valence-electron chi connectivity index (χ4n) is 2.15. The van der Waals surface area contributed by atoms with Crippen molar-refractivity contribution in [3.8, 4) is 0 Å². The summed E-state index contributed by atoms with van der Waals surface area (Å²) in [4.78, 5) is 24.0. The van der Waals surface area contributed by atoms with E-state index in [9.17, 15) is 14.7 Å². The summed E-state index contributed by atoms with van der Waals surface area (Å²) in [7, 11) is 0. The lowest BCUT2D eigenvalue weighted by atomic mass is 10.0. The van der Waals surface area contributed by atoms with Crippen molar-refractivity contribution in [2.45, 2.75) is 5.79 Å². The zero-order valence-electron chi connectivity index (χ0n) is 10.7. The lowest BCUT2D eigenvalue weighted by Crippen LogP contribution is -2.40. The first-order chi connectivity index (χ1) is 10.0. The molecule has 6 heteroatoms. The van der Waals surface area contributed by atoms with Crippen molar-refractivity contribution in [2.24, 2.45) is 0 Å². The molecule has 106 valence electrons. The number of halogens is 1. The van der Waals surface area contributed by atoms with Crippen LogP contribution in [0.3, 0.4) is 0 Å². The number of esters is 1. The monoisotopic (exact) mass is 395 g/mol. The quantitative estimate of drug-likeness (QED) is 0.604. The molecule has 2 aromatic carbocycles. The molecule has 0 bridgehead atoms. The molecule has 1 heterocycles. The number of cyclic esters (lactones) is 1. The molecule has 0 spiro atoms. The van der Waals surface area contributed by atoms with E-state index in [2.05, 4.69) is 27.9 Å². The van der Waals surface area contributed by atoms with Gasteiger partial charge < -0.3 is 15.2 Å². The van der Waals surface area contributed by atoms with E-state index in [0.717, 1.165) is 3.57 Å². The second-order valence-corrected chi connectivity index (χ2v) is 5.79. The van der Waals surface area contributed by atoms with E-state index >= 15 is 0 Å². The Morgan fingerprint density at radius 3 is 2.71 bits per heavy atom. The predicted molar refractivity (Wildman–Crippen MR) is 83.5 cm³/mol. The Bertz CT molecular complexity index is 746. The molecule has 0 aromatic heterocycles. The van der Waals surface area contributed by atoms with Crippen LogP contribution in [0, 0.1) is 3.57 Å². The lowest BCUT2D eigenvalue weighted by molar-refractivity contribution is -0.180. The van der Waals surface area contributed by atoms with E-state index in [1.165, 1.54) is 12.1 Å². The van der Waals surface area contributed by atoms with Crippen LogP contribution >= 0.6 is 22.6 Å². The molecule has 1 unspecified atom stereocenters. The molecule has 0 saturated carbocycles. The van der Waals surface area contributed by atoms with Gasteiger partial charge in [-0.2, -0.15) is 0 Å². The topological polar surface area (TPSA) is 75.6 Å². The Labute approximate surface area is 134 Å². The van der Waals surface area contributed by atoms with Crippen molar-refractivity contribution in [2.75, 3.05) is 5.32 Å². The van der Waals surface area contributed by atoms with Crippen molar-refractivity contribution in [1.29, 1.82) is 0 Å². The van der Waals surface area contributed by atoms with Crippen LogP contribution in [0.5, 0.6) is 0 Å². The van der Waals surface area contributed by atoms with Crippen LogP contribution in [0.4, 0.5) is 5.69 Å². The summed E-state index contributed by atoms with van der Waals surface area (Å²) in [6.45, 7) is 0. The summed E-state index contributed by atoms with van der Waals surface area (Å²) >= 11 is 2.11. The number of ether oxygens (including phenoxy) is 1. The SMILES string of the molecule is O=C1OC(O)(C(=O)Nc2cccc(I)c2)c2ccccc21. The normalized spacial score (nSPS) is 19.8. The largest absolute Gasteiger partial charge is 0.415 e. The standard InChI is InChI=1S/C15H10INO4/c16-9-4-3-5-10(8-9)17-14(19)15(20)12-7-2-1-6-11(12)13(18)21-15/h1-8,20H,(H,17,19). The van der Waals surface area contributed by atoms with Crippen molar-refractivity contribution in [3.05, 3.63) is 63.2 Å². The van der Waals surface area contributed by atoms with Gasteiger partial charge in [-0.3, -0.25) is 4.79 Å². The number of amides is 1. The third-order valence-electron chi connectivity index (χ3n) is 3.14. The van der Waals surface area contributed by atoms with Gasteiger partial charge in [-0.1, -0.05) is 24.3 Å².